The average Bonchev–Trinajstić information content (AvgIpc) is 2.65. The molecule has 1 rings (SSSR count). The highest BCUT2D eigenvalue weighted by atomic mass is 125. The highest BCUT2D eigenvalue weighted by Crippen LogP contribution is 2.10. The molecule has 9 nitrogen and oxygen atoms in total. The number of halogens is 1. The zero-order chi connectivity index (χ0) is 20.8. The number of carbonyl (C=O) groups excluding carboxylic acids is 3. The van der Waals surface area contributed by atoms with Gasteiger partial charge < -0.3 is 31.0 Å². The first-order valence-electron chi connectivity index (χ1n) is 8.76. The fourth-order valence-corrected chi connectivity index (χ4v) is 2.58. The Labute approximate surface area is 177 Å². The number of primary amides is 1. The molecule has 0 saturated carbocycles. The summed E-state index contributed by atoms with van der Waals surface area (Å²) in [7, 11) is 0. The van der Waals surface area contributed by atoms with E-state index in [-0.39, 0.29) is 19.0 Å². The van der Waals surface area contributed by atoms with Crippen molar-refractivity contribution in [2.45, 2.75) is 19.0 Å². The first-order valence-corrected chi connectivity index (χ1v) is 9.84. The lowest BCUT2D eigenvalue weighted by Gasteiger charge is -2.10. The number of hydrogen-bond acceptors (Lipinski definition) is 7. The average molecular weight is 505 g/mol. The van der Waals surface area contributed by atoms with Crippen molar-refractivity contribution >= 4 is 40.2 Å². The summed E-state index contributed by atoms with van der Waals surface area (Å²) in [5, 5.41) is 2.19. The molecule has 0 bridgehead atoms. The predicted molar refractivity (Wildman–Crippen MR) is 110 cm³/mol. The van der Waals surface area contributed by atoms with Crippen molar-refractivity contribution in [1.29, 1.82) is 0 Å². The molecule has 10 heteroatoms. The van der Waals surface area contributed by atoms with Crippen molar-refractivity contribution in [2.24, 2.45) is 11.5 Å². The van der Waals surface area contributed by atoms with Crippen molar-refractivity contribution in [3.05, 3.63) is 33.4 Å². The van der Waals surface area contributed by atoms with Gasteiger partial charge in [-0.05, 0) is 41.1 Å². The monoisotopic (exact) mass is 505 g/mol. The van der Waals surface area contributed by atoms with Gasteiger partial charge in [0, 0.05) is 22.2 Å². The Morgan fingerprint density at radius 1 is 1.04 bits per heavy atom. The molecule has 5 N–H and O–H groups in total. The number of rotatable bonds is 15. The number of nitrogens with one attached hydrogen (secondary N) is 1. The summed E-state index contributed by atoms with van der Waals surface area (Å²) < 4.78 is 16.8. The van der Waals surface area contributed by atoms with Crippen LogP contribution < -0.4 is 16.8 Å². The Balaban J connectivity index is 1.92. The number of benzene rings is 1. The Morgan fingerprint density at radius 3 is 2.32 bits per heavy atom. The van der Waals surface area contributed by atoms with Gasteiger partial charge in [0.25, 0.3) is 5.91 Å². The van der Waals surface area contributed by atoms with Crippen molar-refractivity contribution < 1.29 is 28.6 Å². The smallest absolute Gasteiger partial charge is 0.254 e. The Kier molecular flexibility index (Phi) is 12.6. The number of ketones is 1. The summed E-state index contributed by atoms with van der Waals surface area (Å²) in [5.74, 6) is -1.25. The summed E-state index contributed by atoms with van der Waals surface area (Å²) in [4.78, 5) is 34.0. The van der Waals surface area contributed by atoms with Crippen LogP contribution in [0.5, 0.6) is 0 Å². The first-order chi connectivity index (χ1) is 13.4. The number of amides is 2. The van der Waals surface area contributed by atoms with E-state index in [1.54, 1.807) is 0 Å². The van der Waals surface area contributed by atoms with Crippen LogP contribution in [0.1, 0.15) is 23.2 Å². The molecule has 0 heterocycles. The minimum Gasteiger partial charge on any atom is -0.379 e. The van der Waals surface area contributed by atoms with Gasteiger partial charge in [-0.1, -0.05) is 12.1 Å². The van der Waals surface area contributed by atoms with Crippen molar-refractivity contribution in [3.63, 3.8) is 0 Å². The summed E-state index contributed by atoms with van der Waals surface area (Å²) in [6.07, 6.45) is -0.136. The van der Waals surface area contributed by atoms with Crippen LogP contribution in [0, 0.1) is 3.57 Å². The zero-order valence-corrected chi connectivity index (χ0v) is 17.7. The molecule has 0 aromatic heterocycles. The second-order valence-electron chi connectivity index (χ2n) is 5.76. The third-order valence-corrected chi connectivity index (χ3v) is 4.11. The van der Waals surface area contributed by atoms with E-state index in [1.165, 1.54) is 0 Å². The lowest BCUT2D eigenvalue weighted by molar-refractivity contribution is -0.130. The molecule has 2 amide bonds. The van der Waals surface area contributed by atoms with E-state index < -0.39 is 18.0 Å². The first kappa shape index (κ1) is 24.4. The second-order valence-corrected chi connectivity index (χ2v) is 7.01. The summed E-state index contributed by atoms with van der Waals surface area (Å²) in [6.45, 7) is 1.54. The molecule has 156 valence electrons. The van der Waals surface area contributed by atoms with E-state index in [0.717, 1.165) is 9.13 Å². The van der Waals surface area contributed by atoms with E-state index in [0.29, 0.717) is 39.3 Å². The SMILES string of the molecule is NC(=O)C(N)NC(=O)COCCOCCOCCCC(=O)c1cccc([125I])c1. The summed E-state index contributed by atoms with van der Waals surface area (Å²) in [6, 6.07) is 7.50. The summed E-state index contributed by atoms with van der Waals surface area (Å²) >= 11 is 2.18. The molecule has 1 atom stereocenters. The standard InChI is InChI=1S/C18H26IN3O6/c19-14-4-1-3-13(11-14)15(23)5-2-6-26-7-8-27-9-10-28-12-16(24)22-17(20)18(21)25/h1,3-4,11,17H,2,5-10,12,20H2,(H2,21,25)(H,22,24)/i19-2. The lowest BCUT2D eigenvalue weighted by atomic mass is 10.1. The largest absolute Gasteiger partial charge is 0.379 e. The molecule has 0 saturated heterocycles. The molecular weight excluding hydrogens is 479 g/mol. The second kappa shape index (κ2) is 14.4. The van der Waals surface area contributed by atoms with Crippen LogP contribution in [0.3, 0.4) is 0 Å². The molecular formula is C18H26IN3O6. The van der Waals surface area contributed by atoms with Gasteiger partial charge in [0.2, 0.25) is 5.91 Å². The van der Waals surface area contributed by atoms with Crippen LogP contribution in [-0.4, -0.2) is 63.4 Å². The van der Waals surface area contributed by atoms with Crippen LogP contribution in [-0.2, 0) is 23.8 Å². The van der Waals surface area contributed by atoms with E-state index >= 15 is 0 Å². The van der Waals surface area contributed by atoms with Gasteiger partial charge in [0.05, 0.1) is 26.4 Å². The highest BCUT2D eigenvalue weighted by Gasteiger charge is 2.12. The minimum absolute atomic E-state index is 0.108. The van der Waals surface area contributed by atoms with Gasteiger partial charge >= 0.3 is 0 Å². The molecule has 1 aromatic rings. The third-order valence-electron chi connectivity index (χ3n) is 3.44. The predicted octanol–water partition coefficient (Wildman–Crippen LogP) is 0.190. The molecule has 1 unspecified atom stereocenters. The van der Waals surface area contributed by atoms with Crippen LogP contribution >= 0.6 is 22.6 Å². The number of Topliss-reactive ketones (excluding diaryl/α,β-unsaturated/α-hetero) is 1. The van der Waals surface area contributed by atoms with Crippen LogP contribution in [0.2, 0.25) is 0 Å². The van der Waals surface area contributed by atoms with Gasteiger partial charge in [-0.2, -0.15) is 0 Å². The molecule has 28 heavy (non-hydrogen) atoms. The minimum atomic E-state index is -1.23. The molecule has 0 aliphatic rings. The van der Waals surface area contributed by atoms with Crippen LogP contribution in [0.15, 0.2) is 24.3 Å². The summed E-state index contributed by atoms with van der Waals surface area (Å²) in [5.41, 5.74) is 10.9. The van der Waals surface area contributed by atoms with Gasteiger partial charge in [-0.25, -0.2) is 0 Å². The lowest BCUT2D eigenvalue weighted by Crippen LogP contribution is -2.51. The fourth-order valence-electron chi connectivity index (χ4n) is 2.03. The molecule has 0 aliphatic carbocycles. The fraction of sp³-hybridized carbons (Fsp3) is 0.500. The van der Waals surface area contributed by atoms with E-state index in [9.17, 15) is 14.4 Å². The molecule has 0 radical (unpaired) electrons. The quantitative estimate of drug-likeness (QED) is 0.134. The normalized spacial score (nSPS) is 11.8. The van der Waals surface area contributed by atoms with Gasteiger partial charge in [0.1, 0.15) is 6.61 Å². The maximum absolute atomic E-state index is 12.0. The van der Waals surface area contributed by atoms with Crippen molar-refractivity contribution in [2.75, 3.05) is 39.6 Å². The highest BCUT2D eigenvalue weighted by molar-refractivity contribution is 14.1. The maximum atomic E-state index is 12.0. The van der Waals surface area contributed by atoms with Gasteiger partial charge in [-0.3, -0.25) is 14.4 Å². The maximum Gasteiger partial charge on any atom is 0.254 e. The Bertz CT molecular complexity index is 644. The van der Waals surface area contributed by atoms with Crippen LogP contribution in [0.4, 0.5) is 0 Å². The molecule has 0 fully saturated rings. The topological polar surface area (TPSA) is 143 Å². The Morgan fingerprint density at radius 2 is 1.68 bits per heavy atom. The molecule has 1 aromatic carbocycles. The number of carbonyl (C=O) groups is 3. The van der Waals surface area contributed by atoms with Crippen LogP contribution in [0.25, 0.3) is 0 Å². The Hall–Kier alpha value is -1.60. The van der Waals surface area contributed by atoms with E-state index in [1.807, 2.05) is 24.3 Å². The zero-order valence-electron chi connectivity index (χ0n) is 15.5. The van der Waals surface area contributed by atoms with Crippen molar-refractivity contribution in [1.82, 2.24) is 5.32 Å². The van der Waals surface area contributed by atoms with E-state index in [2.05, 4.69) is 27.9 Å². The van der Waals surface area contributed by atoms with Gasteiger partial charge in [-0.15, -0.1) is 0 Å². The molecule has 0 aliphatic heterocycles. The van der Waals surface area contributed by atoms with Gasteiger partial charge in [0.15, 0.2) is 11.9 Å². The number of ether oxygens (including phenoxy) is 3. The number of nitrogens with two attached hydrogens (primary N) is 2. The van der Waals surface area contributed by atoms with E-state index in [4.69, 9.17) is 25.7 Å². The third kappa shape index (κ3) is 11.3. The molecule has 0 spiro atoms. The van der Waals surface area contributed by atoms with Crippen molar-refractivity contribution in [3.8, 4) is 0 Å². The number of hydrogen-bond donors (Lipinski definition) is 3.